The van der Waals surface area contributed by atoms with Gasteiger partial charge in [0.15, 0.2) is 0 Å². The van der Waals surface area contributed by atoms with Crippen LogP contribution in [-0.4, -0.2) is 24.0 Å². The van der Waals surface area contributed by atoms with Crippen LogP contribution >= 0.6 is 0 Å². The Morgan fingerprint density at radius 3 is 2.48 bits per heavy atom. The minimum Gasteiger partial charge on any atom is -0.461 e. The molecule has 0 unspecified atom stereocenters. The average Bonchev–Trinajstić information content (AvgIpc) is 3.04. The molecule has 1 aromatic heterocycles. The van der Waals surface area contributed by atoms with Gasteiger partial charge in [-0.2, -0.15) is 0 Å². The van der Waals surface area contributed by atoms with Gasteiger partial charge in [0.1, 0.15) is 11.5 Å². The molecule has 25 heavy (non-hydrogen) atoms. The summed E-state index contributed by atoms with van der Waals surface area (Å²) >= 11 is 0. The lowest BCUT2D eigenvalue weighted by molar-refractivity contribution is -0.122. The first-order valence-corrected chi connectivity index (χ1v) is 9.22. The SMILES string of the molecule is Cc1ccc(-c2ccc(CCC(=O)N[C@H]3CC[C@H]3NC(C)C)o2)cc1. The van der Waals surface area contributed by atoms with Crippen LogP contribution in [0.2, 0.25) is 0 Å². The highest BCUT2D eigenvalue weighted by molar-refractivity contribution is 5.76. The van der Waals surface area contributed by atoms with Crippen molar-refractivity contribution in [2.75, 3.05) is 0 Å². The zero-order chi connectivity index (χ0) is 17.8. The maximum atomic E-state index is 12.2. The van der Waals surface area contributed by atoms with Crippen LogP contribution in [0.1, 0.15) is 44.4 Å². The number of hydrogen-bond donors (Lipinski definition) is 2. The van der Waals surface area contributed by atoms with E-state index in [1.165, 1.54) is 5.56 Å². The summed E-state index contributed by atoms with van der Waals surface area (Å²) in [7, 11) is 0. The topological polar surface area (TPSA) is 54.3 Å². The average molecular weight is 340 g/mol. The number of furan rings is 1. The van der Waals surface area contributed by atoms with E-state index in [9.17, 15) is 4.79 Å². The molecule has 0 saturated heterocycles. The van der Waals surface area contributed by atoms with Crippen LogP contribution in [0.5, 0.6) is 0 Å². The molecule has 0 aliphatic heterocycles. The Morgan fingerprint density at radius 2 is 1.84 bits per heavy atom. The molecule has 0 radical (unpaired) electrons. The molecule has 1 heterocycles. The van der Waals surface area contributed by atoms with Gasteiger partial charge in [-0.3, -0.25) is 4.79 Å². The van der Waals surface area contributed by atoms with Crippen molar-refractivity contribution in [2.24, 2.45) is 0 Å². The fourth-order valence-electron chi connectivity index (χ4n) is 3.20. The number of nitrogens with one attached hydrogen (secondary N) is 2. The van der Waals surface area contributed by atoms with Gasteiger partial charge >= 0.3 is 0 Å². The van der Waals surface area contributed by atoms with Gasteiger partial charge in [0.25, 0.3) is 0 Å². The van der Waals surface area contributed by atoms with Crippen molar-refractivity contribution in [2.45, 2.75) is 64.6 Å². The van der Waals surface area contributed by atoms with Crippen LogP contribution in [0.4, 0.5) is 0 Å². The standard InChI is InChI=1S/C21H28N2O2/c1-14(2)22-18-10-11-19(18)23-21(24)13-9-17-8-12-20(25-17)16-6-4-15(3)5-7-16/h4-8,12,14,18-19,22H,9-11,13H2,1-3H3,(H,23,24)/t18-,19+/m1/s1. The van der Waals surface area contributed by atoms with Crippen LogP contribution in [0.15, 0.2) is 40.8 Å². The molecule has 2 atom stereocenters. The van der Waals surface area contributed by atoms with Crippen molar-refractivity contribution in [3.63, 3.8) is 0 Å². The third-order valence-corrected chi connectivity index (χ3v) is 4.76. The van der Waals surface area contributed by atoms with E-state index in [0.717, 1.165) is 29.9 Å². The number of carbonyl (C=O) groups is 1. The number of benzene rings is 1. The zero-order valence-electron chi connectivity index (χ0n) is 15.3. The number of amides is 1. The van der Waals surface area contributed by atoms with E-state index in [2.05, 4.69) is 55.7 Å². The highest BCUT2D eigenvalue weighted by atomic mass is 16.3. The Hall–Kier alpha value is -2.07. The second-order valence-corrected chi connectivity index (χ2v) is 7.31. The molecule has 1 aromatic carbocycles. The molecule has 4 nitrogen and oxygen atoms in total. The summed E-state index contributed by atoms with van der Waals surface area (Å²) in [6.07, 6.45) is 3.30. The first-order chi connectivity index (χ1) is 12.0. The smallest absolute Gasteiger partial charge is 0.220 e. The highest BCUT2D eigenvalue weighted by Crippen LogP contribution is 2.24. The van der Waals surface area contributed by atoms with Crippen LogP contribution < -0.4 is 10.6 Å². The van der Waals surface area contributed by atoms with E-state index in [1.54, 1.807) is 0 Å². The van der Waals surface area contributed by atoms with Gasteiger partial charge in [-0.15, -0.1) is 0 Å². The number of rotatable bonds is 7. The molecule has 4 heteroatoms. The Morgan fingerprint density at radius 1 is 1.12 bits per heavy atom. The Kier molecular flexibility index (Phi) is 5.59. The second kappa shape index (κ2) is 7.87. The van der Waals surface area contributed by atoms with Crippen LogP contribution in [-0.2, 0) is 11.2 Å². The number of carbonyl (C=O) groups excluding carboxylic acids is 1. The van der Waals surface area contributed by atoms with Crippen molar-refractivity contribution in [3.8, 4) is 11.3 Å². The molecule has 0 bridgehead atoms. The van der Waals surface area contributed by atoms with Crippen molar-refractivity contribution < 1.29 is 9.21 Å². The van der Waals surface area contributed by atoms with Crippen LogP contribution in [0.25, 0.3) is 11.3 Å². The molecule has 1 aliphatic rings. The zero-order valence-corrected chi connectivity index (χ0v) is 15.3. The predicted molar refractivity (Wildman–Crippen MR) is 100 cm³/mol. The minimum atomic E-state index is 0.105. The lowest BCUT2D eigenvalue weighted by atomic mass is 9.85. The Balaban J connectivity index is 1.47. The van der Waals surface area contributed by atoms with E-state index in [4.69, 9.17) is 4.42 Å². The van der Waals surface area contributed by atoms with E-state index in [0.29, 0.717) is 24.9 Å². The monoisotopic (exact) mass is 340 g/mol. The molecular formula is C21H28N2O2. The fourth-order valence-corrected chi connectivity index (χ4v) is 3.20. The van der Waals surface area contributed by atoms with E-state index in [-0.39, 0.29) is 11.9 Å². The molecule has 3 rings (SSSR count). The van der Waals surface area contributed by atoms with Crippen molar-refractivity contribution in [1.29, 1.82) is 0 Å². The van der Waals surface area contributed by atoms with Gasteiger partial charge in [-0.05, 0) is 31.9 Å². The predicted octanol–water partition coefficient (Wildman–Crippen LogP) is 3.83. The molecule has 1 aliphatic carbocycles. The van der Waals surface area contributed by atoms with Crippen molar-refractivity contribution >= 4 is 5.91 Å². The molecule has 0 spiro atoms. The van der Waals surface area contributed by atoms with E-state index in [1.807, 2.05) is 12.1 Å². The van der Waals surface area contributed by atoms with Gasteiger partial charge < -0.3 is 15.1 Å². The third-order valence-electron chi connectivity index (χ3n) is 4.76. The highest BCUT2D eigenvalue weighted by Gasteiger charge is 2.31. The van der Waals surface area contributed by atoms with Crippen molar-refractivity contribution in [1.82, 2.24) is 10.6 Å². The quantitative estimate of drug-likeness (QED) is 0.805. The summed E-state index contributed by atoms with van der Waals surface area (Å²) < 4.78 is 5.89. The van der Waals surface area contributed by atoms with Gasteiger partial charge in [0.05, 0.1) is 0 Å². The lowest BCUT2D eigenvalue weighted by Gasteiger charge is -2.39. The maximum Gasteiger partial charge on any atom is 0.220 e. The van der Waals surface area contributed by atoms with Crippen LogP contribution in [0.3, 0.4) is 0 Å². The van der Waals surface area contributed by atoms with Crippen LogP contribution in [0, 0.1) is 6.92 Å². The molecule has 2 aromatic rings. The Labute approximate surface area is 150 Å². The summed E-state index contributed by atoms with van der Waals surface area (Å²) in [5, 5.41) is 6.64. The van der Waals surface area contributed by atoms with Gasteiger partial charge in [0, 0.05) is 36.5 Å². The largest absolute Gasteiger partial charge is 0.461 e. The summed E-state index contributed by atoms with van der Waals surface area (Å²) in [6.45, 7) is 6.35. The first-order valence-electron chi connectivity index (χ1n) is 9.22. The van der Waals surface area contributed by atoms with E-state index < -0.39 is 0 Å². The Bertz CT molecular complexity index is 703. The third kappa shape index (κ3) is 4.73. The van der Waals surface area contributed by atoms with Gasteiger partial charge in [-0.1, -0.05) is 43.7 Å². The normalized spacial score (nSPS) is 19.7. The lowest BCUT2D eigenvalue weighted by Crippen LogP contribution is -2.58. The second-order valence-electron chi connectivity index (χ2n) is 7.31. The molecule has 134 valence electrons. The summed E-state index contributed by atoms with van der Waals surface area (Å²) in [5.74, 6) is 1.82. The maximum absolute atomic E-state index is 12.2. The van der Waals surface area contributed by atoms with Crippen molar-refractivity contribution in [3.05, 3.63) is 47.7 Å². The molecule has 1 amide bonds. The molecule has 2 N–H and O–H groups in total. The minimum absolute atomic E-state index is 0.105. The summed E-state index contributed by atoms with van der Waals surface area (Å²) in [6, 6.07) is 13.4. The van der Waals surface area contributed by atoms with E-state index >= 15 is 0 Å². The fraction of sp³-hybridized carbons (Fsp3) is 0.476. The molecular weight excluding hydrogens is 312 g/mol. The molecule has 1 saturated carbocycles. The van der Waals surface area contributed by atoms with Gasteiger partial charge in [0.2, 0.25) is 5.91 Å². The summed E-state index contributed by atoms with van der Waals surface area (Å²) in [5.41, 5.74) is 2.30. The first kappa shape index (κ1) is 17.7. The number of hydrogen-bond acceptors (Lipinski definition) is 3. The molecule has 1 fully saturated rings. The summed E-state index contributed by atoms with van der Waals surface area (Å²) in [4.78, 5) is 12.2. The number of aryl methyl sites for hydroxylation is 2. The van der Waals surface area contributed by atoms with Gasteiger partial charge in [-0.25, -0.2) is 0 Å².